The number of carbonyl (C=O) groups is 1. The van der Waals surface area contributed by atoms with Crippen molar-refractivity contribution >= 4 is 11.6 Å². The lowest BCUT2D eigenvalue weighted by molar-refractivity contribution is -0.132. The van der Waals surface area contributed by atoms with Crippen LogP contribution >= 0.6 is 0 Å². The average molecular weight is 370 g/mol. The van der Waals surface area contributed by atoms with Crippen LogP contribution in [0.25, 0.3) is 0 Å². The molecule has 7 nitrogen and oxygen atoms in total. The molecule has 1 N–H and O–H groups in total. The fraction of sp³-hybridized carbons (Fsp3) is 0.316. The monoisotopic (exact) mass is 370 g/mol. The van der Waals surface area contributed by atoms with Crippen LogP contribution in [0.15, 0.2) is 35.1 Å². The predicted molar refractivity (Wildman–Crippen MR) is 97.0 cm³/mol. The Morgan fingerprint density at radius 3 is 2.52 bits per heavy atom. The van der Waals surface area contributed by atoms with Crippen LogP contribution in [0.4, 0.5) is 10.1 Å². The summed E-state index contributed by atoms with van der Waals surface area (Å²) in [6.45, 7) is 3.28. The minimum atomic E-state index is -0.458. The first-order chi connectivity index (χ1) is 12.9. The number of rotatable bonds is 3. The zero-order valence-electron chi connectivity index (χ0n) is 14.9. The summed E-state index contributed by atoms with van der Waals surface area (Å²) in [5.74, 6) is -0.787. The first kappa shape index (κ1) is 18.5. The highest BCUT2D eigenvalue weighted by atomic mass is 19.1. The van der Waals surface area contributed by atoms with Crippen molar-refractivity contribution in [3.63, 3.8) is 0 Å². The van der Waals surface area contributed by atoms with E-state index in [1.54, 1.807) is 24.0 Å². The number of aromatic hydroxyl groups is 1. The number of amides is 1. The summed E-state index contributed by atoms with van der Waals surface area (Å²) < 4.78 is 15.5. The van der Waals surface area contributed by atoms with Crippen LogP contribution in [0.5, 0.6) is 5.75 Å². The number of aromatic nitrogens is 1. The first-order valence-corrected chi connectivity index (χ1v) is 8.52. The standard InChI is InChI=1S/C19H19FN4O3/c1-13-8-15(25)10-18(26)24(13)12-19(27)23-6-4-22(5-7-23)17-3-2-14(11-21)9-16(17)20/h2-3,8-10,25H,4-7,12H2,1H3. The number of pyridine rings is 1. The quantitative estimate of drug-likeness (QED) is 0.878. The number of hydrogen-bond donors (Lipinski definition) is 1. The van der Waals surface area contributed by atoms with Crippen LogP contribution in [0.2, 0.25) is 0 Å². The number of anilines is 1. The zero-order valence-corrected chi connectivity index (χ0v) is 14.9. The van der Waals surface area contributed by atoms with Crippen molar-refractivity contribution in [2.24, 2.45) is 0 Å². The molecule has 140 valence electrons. The minimum Gasteiger partial charge on any atom is -0.508 e. The molecule has 2 aromatic rings. The molecule has 1 aromatic heterocycles. The van der Waals surface area contributed by atoms with Crippen LogP contribution in [0.3, 0.4) is 0 Å². The lowest BCUT2D eigenvalue weighted by Crippen LogP contribution is -2.50. The van der Waals surface area contributed by atoms with Gasteiger partial charge in [-0.2, -0.15) is 5.26 Å². The Morgan fingerprint density at radius 1 is 1.22 bits per heavy atom. The van der Waals surface area contributed by atoms with Crippen molar-refractivity contribution in [3.8, 4) is 11.8 Å². The van der Waals surface area contributed by atoms with E-state index in [4.69, 9.17) is 5.26 Å². The lowest BCUT2D eigenvalue weighted by atomic mass is 10.2. The van der Waals surface area contributed by atoms with E-state index in [1.165, 1.54) is 16.7 Å². The smallest absolute Gasteiger partial charge is 0.254 e. The molecule has 8 heteroatoms. The lowest BCUT2D eigenvalue weighted by Gasteiger charge is -2.36. The van der Waals surface area contributed by atoms with Gasteiger partial charge in [0, 0.05) is 37.9 Å². The Labute approximate surface area is 155 Å². The Kier molecular flexibility index (Phi) is 5.12. The topological polar surface area (TPSA) is 89.6 Å². The van der Waals surface area contributed by atoms with Crippen LogP contribution < -0.4 is 10.5 Å². The van der Waals surface area contributed by atoms with Gasteiger partial charge in [0.25, 0.3) is 5.56 Å². The van der Waals surface area contributed by atoms with Crippen molar-refractivity contribution in [2.45, 2.75) is 13.5 Å². The molecule has 0 saturated carbocycles. The summed E-state index contributed by atoms with van der Waals surface area (Å²) in [4.78, 5) is 28.0. The van der Waals surface area contributed by atoms with Gasteiger partial charge in [0.2, 0.25) is 5.91 Å². The molecule has 0 aliphatic carbocycles. The number of benzene rings is 1. The van der Waals surface area contributed by atoms with Crippen LogP contribution in [-0.4, -0.2) is 46.7 Å². The van der Waals surface area contributed by atoms with Gasteiger partial charge in [-0.25, -0.2) is 4.39 Å². The molecule has 1 aliphatic rings. The highest BCUT2D eigenvalue weighted by molar-refractivity contribution is 5.76. The van der Waals surface area contributed by atoms with Gasteiger partial charge in [-0.3, -0.25) is 9.59 Å². The molecule has 1 aromatic carbocycles. The molecule has 0 radical (unpaired) electrons. The molecule has 1 saturated heterocycles. The largest absolute Gasteiger partial charge is 0.508 e. The van der Waals surface area contributed by atoms with Crippen molar-refractivity contribution in [3.05, 3.63) is 57.8 Å². The van der Waals surface area contributed by atoms with Gasteiger partial charge in [-0.05, 0) is 31.2 Å². The molecule has 0 bridgehead atoms. The van der Waals surface area contributed by atoms with E-state index in [-0.39, 0.29) is 23.8 Å². The second kappa shape index (κ2) is 7.50. The molecule has 1 amide bonds. The number of carbonyl (C=O) groups excluding carboxylic acids is 1. The van der Waals surface area contributed by atoms with Crippen molar-refractivity contribution in [1.29, 1.82) is 5.26 Å². The van der Waals surface area contributed by atoms with Gasteiger partial charge in [0.15, 0.2) is 0 Å². The Morgan fingerprint density at radius 2 is 1.93 bits per heavy atom. The van der Waals surface area contributed by atoms with Crippen LogP contribution in [0, 0.1) is 24.1 Å². The first-order valence-electron chi connectivity index (χ1n) is 8.52. The Balaban J connectivity index is 1.65. The summed E-state index contributed by atoms with van der Waals surface area (Å²) in [5, 5.41) is 18.3. The van der Waals surface area contributed by atoms with Crippen molar-refractivity contribution in [2.75, 3.05) is 31.1 Å². The molecule has 0 atom stereocenters. The van der Waals surface area contributed by atoms with Gasteiger partial charge >= 0.3 is 0 Å². The van der Waals surface area contributed by atoms with Gasteiger partial charge in [0.1, 0.15) is 18.1 Å². The molecule has 27 heavy (non-hydrogen) atoms. The molecule has 1 aliphatic heterocycles. The number of aryl methyl sites for hydroxylation is 1. The fourth-order valence-corrected chi connectivity index (χ4v) is 3.18. The maximum Gasteiger partial charge on any atom is 0.254 e. The molecule has 2 heterocycles. The minimum absolute atomic E-state index is 0.101. The second-order valence-electron chi connectivity index (χ2n) is 6.43. The predicted octanol–water partition coefficient (Wildman–Crippen LogP) is 1.22. The van der Waals surface area contributed by atoms with E-state index in [9.17, 15) is 19.1 Å². The molecule has 0 spiro atoms. The third kappa shape index (κ3) is 3.92. The summed E-state index contributed by atoms with van der Waals surface area (Å²) >= 11 is 0. The molecule has 0 unspecified atom stereocenters. The maximum atomic E-state index is 14.2. The molecule has 1 fully saturated rings. The van der Waals surface area contributed by atoms with Gasteiger partial charge in [0.05, 0.1) is 17.3 Å². The summed E-state index contributed by atoms with van der Waals surface area (Å²) in [7, 11) is 0. The highest BCUT2D eigenvalue weighted by Gasteiger charge is 2.23. The van der Waals surface area contributed by atoms with E-state index in [0.29, 0.717) is 37.6 Å². The van der Waals surface area contributed by atoms with E-state index in [0.717, 1.165) is 6.07 Å². The Hall–Kier alpha value is -3.34. The fourth-order valence-electron chi connectivity index (χ4n) is 3.18. The van der Waals surface area contributed by atoms with Crippen molar-refractivity contribution in [1.82, 2.24) is 9.47 Å². The summed E-state index contributed by atoms with van der Waals surface area (Å²) in [6.07, 6.45) is 0. The average Bonchev–Trinajstić information content (AvgIpc) is 2.64. The number of hydrogen-bond acceptors (Lipinski definition) is 5. The van der Waals surface area contributed by atoms with E-state index in [1.807, 2.05) is 11.0 Å². The number of piperazine rings is 1. The molecular weight excluding hydrogens is 351 g/mol. The van der Waals surface area contributed by atoms with E-state index < -0.39 is 11.4 Å². The normalized spacial score (nSPS) is 14.1. The van der Waals surface area contributed by atoms with Crippen LogP contribution in [-0.2, 0) is 11.3 Å². The zero-order chi connectivity index (χ0) is 19.6. The SMILES string of the molecule is Cc1cc(O)cc(=O)n1CC(=O)N1CCN(c2ccc(C#N)cc2F)CC1. The van der Waals surface area contributed by atoms with E-state index in [2.05, 4.69) is 0 Å². The number of nitrogens with zero attached hydrogens (tertiary/aromatic N) is 4. The molecular formula is C19H19FN4O3. The van der Waals surface area contributed by atoms with Crippen molar-refractivity contribution < 1.29 is 14.3 Å². The number of halogens is 1. The summed E-state index contributed by atoms with van der Waals surface area (Å²) in [6, 6.07) is 8.75. The molecule has 3 rings (SSSR count). The Bertz CT molecular complexity index is 972. The maximum absolute atomic E-state index is 14.2. The van der Waals surface area contributed by atoms with E-state index >= 15 is 0 Å². The number of nitriles is 1. The van der Waals surface area contributed by atoms with Gasteiger partial charge in [-0.15, -0.1) is 0 Å². The highest BCUT2D eigenvalue weighted by Crippen LogP contribution is 2.22. The third-order valence-corrected chi connectivity index (χ3v) is 4.66. The van der Waals surface area contributed by atoms with Crippen LogP contribution in [0.1, 0.15) is 11.3 Å². The second-order valence-corrected chi connectivity index (χ2v) is 6.43. The summed E-state index contributed by atoms with van der Waals surface area (Å²) in [5.41, 5.74) is 0.747. The van der Waals surface area contributed by atoms with Gasteiger partial charge < -0.3 is 19.5 Å². The third-order valence-electron chi connectivity index (χ3n) is 4.66. The van der Waals surface area contributed by atoms with Gasteiger partial charge in [-0.1, -0.05) is 0 Å².